The van der Waals surface area contributed by atoms with Gasteiger partial charge in [-0.05, 0) is 11.6 Å². The zero-order valence-electron chi connectivity index (χ0n) is 9.24. The second kappa shape index (κ2) is 5.43. The minimum Gasteiger partial charge on any atom is -0.502 e. The van der Waals surface area contributed by atoms with Crippen molar-refractivity contribution < 1.29 is 25.0 Å². The van der Waals surface area contributed by atoms with Gasteiger partial charge in [-0.1, -0.05) is 0 Å². The van der Waals surface area contributed by atoms with Crippen molar-refractivity contribution in [2.75, 3.05) is 6.61 Å². The van der Waals surface area contributed by atoms with Gasteiger partial charge in [0.1, 0.15) is 0 Å². The van der Waals surface area contributed by atoms with Gasteiger partial charge in [0, 0.05) is 11.6 Å². The smallest absolute Gasteiger partial charge is 0.311 e. The van der Waals surface area contributed by atoms with E-state index in [4.69, 9.17) is 15.9 Å². The first-order valence-corrected chi connectivity index (χ1v) is 4.95. The van der Waals surface area contributed by atoms with Crippen molar-refractivity contribution in [1.82, 2.24) is 0 Å². The van der Waals surface area contributed by atoms with Gasteiger partial charge >= 0.3 is 11.7 Å². The van der Waals surface area contributed by atoms with Crippen molar-refractivity contribution in [1.29, 1.82) is 0 Å². The van der Waals surface area contributed by atoms with Crippen molar-refractivity contribution in [3.8, 4) is 5.75 Å². The molecule has 0 heterocycles. The first-order chi connectivity index (χ1) is 8.36. The lowest BCUT2D eigenvalue weighted by Gasteiger charge is -2.12. The van der Waals surface area contributed by atoms with Crippen LogP contribution in [0.3, 0.4) is 0 Å². The lowest BCUT2D eigenvalue weighted by atomic mass is 10.0. The van der Waals surface area contributed by atoms with E-state index in [1.165, 1.54) is 6.07 Å². The molecule has 0 aliphatic carbocycles. The number of nitrogens with zero attached hydrogens (tertiary/aromatic N) is 1. The van der Waals surface area contributed by atoms with E-state index < -0.39 is 41.4 Å². The second-order valence-electron chi connectivity index (χ2n) is 3.67. The predicted molar refractivity (Wildman–Crippen MR) is 60.1 cm³/mol. The molecule has 0 spiro atoms. The number of hydrogen-bond donors (Lipinski definition) is 4. The Morgan fingerprint density at radius 3 is 2.56 bits per heavy atom. The fourth-order valence-corrected chi connectivity index (χ4v) is 1.50. The van der Waals surface area contributed by atoms with Crippen LogP contribution in [0.15, 0.2) is 12.1 Å². The van der Waals surface area contributed by atoms with Gasteiger partial charge in [0.25, 0.3) is 0 Å². The average Bonchev–Trinajstić information content (AvgIpc) is 2.29. The van der Waals surface area contributed by atoms with Crippen molar-refractivity contribution in [3.63, 3.8) is 0 Å². The number of nitro groups is 1. The molecule has 1 aromatic rings. The van der Waals surface area contributed by atoms with E-state index in [2.05, 4.69) is 0 Å². The maximum Gasteiger partial charge on any atom is 0.311 e. The van der Waals surface area contributed by atoms with Gasteiger partial charge in [-0.15, -0.1) is 0 Å². The Balaban J connectivity index is 3.36. The molecule has 0 radical (unpaired) electrons. The highest BCUT2D eigenvalue weighted by Gasteiger charge is 2.22. The van der Waals surface area contributed by atoms with E-state index in [0.717, 1.165) is 6.07 Å². The average molecular weight is 256 g/mol. The van der Waals surface area contributed by atoms with Crippen molar-refractivity contribution in [3.05, 3.63) is 33.4 Å². The summed E-state index contributed by atoms with van der Waals surface area (Å²) >= 11 is 0. The number of rotatable bonds is 5. The summed E-state index contributed by atoms with van der Waals surface area (Å²) in [6.45, 7) is -0.527. The van der Waals surface area contributed by atoms with Crippen molar-refractivity contribution in [2.24, 2.45) is 5.73 Å². The van der Waals surface area contributed by atoms with Crippen LogP contribution in [0.25, 0.3) is 0 Å². The highest BCUT2D eigenvalue weighted by Crippen LogP contribution is 2.34. The van der Waals surface area contributed by atoms with E-state index in [0.29, 0.717) is 0 Å². The number of carboxylic acid groups (broad SMARTS) is 1. The van der Waals surface area contributed by atoms with Gasteiger partial charge in [0.2, 0.25) is 0 Å². The van der Waals surface area contributed by atoms with E-state index >= 15 is 0 Å². The van der Waals surface area contributed by atoms with E-state index in [-0.39, 0.29) is 11.1 Å². The van der Waals surface area contributed by atoms with Gasteiger partial charge in [-0.2, -0.15) is 0 Å². The Kier molecular flexibility index (Phi) is 4.18. The molecule has 0 aliphatic heterocycles. The fourth-order valence-electron chi connectivity index (χ4n) is 1.50. The number of phenols is 1. The van der Waals surface area contributed by atoms with Gasteiger partial charge in [0.05, 0.1) is 24.0 Å². The SMILES string of the molecule is N[C@@H](CO)c1cc(CC(=O)O)cc([N+](=O)[O-])c1O. The molecule has 0 amide bonds. The molecular formula is C10H12N2O6. The van der Waals surface area contributed by atoms with Gasteiger partial charge in [0.15, 0.2) is 5.75 Å². The Bertz CT molecular complexity index is 488. The number of benzene rings is 1. The standard InChI is InChI=1S/C10H12N2O6/c11-7(4-13)6-1-5(3-9(14)15)2-8(10(6)16)12(17)18/h1-2,7,13,16H,3-4,11H2,(H,14,15)/t7-/m0/s1. The summed E-state index contributed by atoms with van der Waals surface area (Å²) in [6, 6.07) is 1.19. The summed E-state index contributed by atoms with van der Waals surface area (Å²) in [5, 5.41) is 37.9. The zero-order valence-corrected chi connectivity index (χ0v) is 9.24. The molecule has 8 nitrogen and oxygen atoms in total. The van der Waals surface area contributed by atoms with Crippen LogP contribution in [0.4, 0.5) is 5.69 Å². The van der Waals surface area contributed by atoms with Crippen LogP contribution in [0.5, 0.6) is 5.75 Å². The quantitative estimate of drug-likeness (QED) is 0.425. The Morgan fingerprint density at radius 2 is 2.11 bits per heavy atom. The molecule has 18 heavy (non-hydrogen) atoms. The fraction of sp³-hybridized carbons (Fsp3) is 0.300. The zero-order chi connectivity index (χ0) is 13.9. The Morgan fingerprint density at radius 1 is 1.50 bits per heavy atom. The van der Waals surface area contributed by atoms with Crippen molar-refractivity contribution >= 4 is 11.7 Å². The molecule has 5 N–H and O–H groups in total. The number of aliphatic hydroxyl groups is 1. The summed E-state index contributed by atoms with van der Waals surface area (Å²) in [5.74, 6) is -1.82. The first-order valence-electron chi connectivity index (χ1n) is 4.95. The molecule has 0 unspecified atom stereocenters. The normalized spacial score (nSPS) is 12.1. The number of aliphatic hydroxyl groups excluding tert-OH is 1. The summed E-state index contributed by atoms with van der Waals surface area (Å²) in [6.07, 6.45) is -0.438. The lowest BCUT2D eigenvalue weighted by Crippen LogP contribution is -2.16. The van der Waals surface area contributed by atoms with Crippen LogP contribution in [-0.4, -0.2) is 32.8 Å². The van der Waals surface area contributed by atoms with Gasteiger partial charge < -0.3 is 21.1 Å². The number of carbonyl (C=O) groups is 1. The van der Waals surface area contributed by atoms with Gasteiger partial charge in [-0.25, -0.2) is 0 Å². The number of hydrogen-bond acceptors (Lipinski definition) is 6. The Labute approximate surface area is 101 Å². The van der Waals surface area contributed by atoms with Crippen LogP contribution in [-0.2, 0) is 11.2 Å². The Hall–Kier alpha value is -2.19. The molecule has 1 aromatic carbocycles. The molecule has 98 valence electrons. The van der Waals surface area contributed by atoms with E-state index in [1.54, 1.807) is 0 Å². The maximum absolute atomic E-state index is 10.7. The largest absolute Gasteiger partial charge is 0.502 e. The number of aromatic hydroxyl groups is 1. The third-order valence-corrected chi connectivity index (χ3v) is 2.33. The van der Waals surface area contributed by atoms with Crippen LogP contribution < -0.4 is 5.73 Å². The minimum atomic E-state index is -1.17. The second-order valence-corrected chi connectivity index (χ2v) is 3.67. The molecule has 0 aliphatic rings. The molecule has 1 atom stereocenters. The highest BCUT2D eigenvalue weighted by molar-refractivity contribution is 5.71. The highest BCUT2D eigenvalue weighted by atomic mass is 16.6. The third-order valence-electron chi connectivity index (χ3n) is 2.33. The molecule has 1 rings (SSSR count). The minimum absolute atomic E-state index is 0.0528. The van der Waals surface area contributed by atoms with E-state index in [9.17, 15) is 20.0 Å². The van der Waals surface area contributed by atoms with Crippen molar-refractivity contribution in [2.45, 2.75) is 12.5 Å². The summed E-state index contributed by atoms with van der Waals surface area (Å²) in [5.41, 5.74) is 4.93. The molecule has 8 heteroatoms. The summed E-state index contributed by atoms with van der Waals surface area (Å²) in [4.78, 5) is 20.5. The molecule has 0 aromatic heterocycles. The van der Waals surface area contributed by atoms with Crippen LogP contribution >= 0.6 is 0 Å². The summed E-state index contributed by atoms with van der Waals surface area (Å²) < 4.78 is 0. The summed E-state index contributed by atoms with van der Waals surface area (Å²) in [7, 11) is 0. The molecular weight excluding hydrogens is 244 g/mol. The van der Waals surface area contributed by atoms with Gasteiger partial charge in [-0.3, -0.25) is 14.9 Å². The number of nitro benzene ring substituents is 1. The maximum atomic E-state index is 10.7. The molecule has 0 saturated heterocycles. The van der Waals surface area contributed by atoms with Crippen LogP contribution in [0.2, 0.25) is 0 Å². The lowest BCUT2D eigenvalue weighted by molar-refractivity contribution is -0.386. The molecule has 0 bridgehead atoms. The number of carboxylic acids is 1. The molecule has 0 saturated carbocycles. The number of aliphatic carboxylic acids is 1. The predicted octanol–water partition coefficient (Wildman–Crippen LogP) is -0.0804. The van der Waals surface area contributed by atoms with Crippen LogP contribution in [0.1, 0.15) is 17.2 Å². The van der Waals surface area contributed by atoms with Crippen LogP contribution in [0, 0.1) is 10.1 Å². The first kappa shape index (κ1) is 13.9. The third kappa shape index (κ3) is 2.93. The topological polar surface area (TPSA) is 147 Å². The van der Waals surface area contributed by atoms with E-state index in [1.807, 2.05) is 0 Å². The molecule has 0 fully saturated rings. The monoisotopic (exact) mass is 256 g/mol. The number of nitrogens with two attached hydrogens (primary N) is 1. The number of phenolic OH excluding ortho intramolecular Hbond substituents is 1.